The highest BCUT2D eigenvalue weighted by molar-refractivity contribution is 7.34. The molecule has 2 aromatic carbocycles. The van der Waals surface area contributed by atoms with Crippen LogP contribution in [-0.2, 0) is 71.0 Å². The van der Waals surface area contributed by atoms with Gasteiger partial charge in [0.1, 0.15) is 11.2 Å². The van der Waals surface area contributed by atoms with Gasteiger partial charge in [-0.05, 0) is 135 Å². The normalized spacial score (nSPS) is 37.1. The van der Waals surface area contributed by atoms with Gasteiger partial charge in [0.2, 0.25) is 0 Å². The second kappa shape index (κ2) is 25.8. The fourth-order valence-electron chi connectivity index (χ4n) is 18.9. The average Bonchev–Trinajstić information content (AvgIpc) is 0.812. The van der Waals surface area contributed by atoms with E-state index < -0.39 is 78.9 Å². The van der Waals surface area contributed by atoms with E-state index in [0.29, 0.717) is 0 Å². The van der Waals surface area contributed by atoms with Crippen molar-refractivity contribution in [2.45, 2.75) is 368 Å². The first-order valence-electron chi connectivity index (χ1n) is 38.4. The summed E-state index contributed by atoms with van der Waals surface area (Å²) in [6.07, 6.45) is 34.7. The minimum atomic E-state index is -5.16. The summed E-state index contributed by atoms with van der Waals surface area (Å²) in [7, 11) is -38.3. The van der Waals surface area contributed by atoms with Crippen LogP contribution in [0.5, 0.6) is 0 Å². The van der Waals surface area contributed by atoms with Gasteiger partial charge in [-0.15, -0.1) is 0 Å². The van der Waals surface area contributed by atoms with E-state index >= 15 is 0 Å². The zero-order chi connectivity index (χ0) is 65.4. The van der Waals surface area contributed by atoms with Crippen LogP contribution in [0.1, 0.15) is 330 Å². The number of hydrogen-bond donors (Lipinski definition) is 0. The predicted octanol–water partition coefficient (Wildman–Crippen LogP) is 21.5. The number of fused-ring (bicyclic) bond motifs is 3. The number of benzene rings is 2. The molecule has 7 aliphatic carbocycles. The van der Waals surface area contributed by atoms with Crippen LogP contribution in [0.15, 0.2) is 32.7 Å². The highest BCUT2D eigenvalue weighted by Gasteiger charge is 2.89. The second-order valence-corrected chi connectivity index (χ2v) is 62.1. The molecule has 3 aromatic rings. The molecule has 0 N–H and O–H groups in total. The molecule has 0 amide bonds. The molecule has 0 radical (unpaired) electrons. The van der Waals surface area contributed by atoms with Gasteiger partial charge in [-0.2, -0.15) is 0 Å². The third-order valence-corrected chi connectivity index (χ3v) is 64.5. The molecule has 94 heavy (non-hydrogen) atoms. The number of rotatable bonds is 9. The topological polar surface area (TPSA) is 146 Å². The maximum atomic E-state index is 8.97. The van der Waals surface area contributed by atoms with Crippen LogP contribution < -0.4 is 4.21 Å². The Morgan fingerprint density at radius 2 is 0.479 bits per heavy atom. The van der Waals surface area contributed by atoms with E-state index in [1.165, 1.54) is 17.5 Å². The van der Waals surface area contributed by atoms with Crippen LogP contribution >= 0.6 is 8.24 Å². The first-order chi connectivity index (χ1) is 44.7. The summed E-state index contributed by atoms with van der Waals surface area (Å²) in [6.45, 7) is 27.7. The lowest BCUT2D eigenvalue weighted by atomic mass is 9.77. The van der Waals surface area contributed by atoms with E-state index in [9.17, 15) is 0 Å². The molecule has 6 saturated heterocycles. The Kier molecular flexibility index (Phi) is 19.0. The fourth-order valence-corrected chi connectivity index (χ4v) is 75.4. The van der Waals surface area contributed by atoms with Gasteiger partial charge < -0.3 is 57.8 Å². The van der Waals surface area contributed by atoms with Gasteiger partial charge in [-0.1, -0.05) is 230 Å². The lowest BCUT2D eigenvalue weighted by molar-refractivity contribution is -0.0623. The molecule has 0 spiro atoms. The molecule has 0 atom stereocenters. The van der Waals surface area contributed by atoms with E-state index in [0.717, 1.165) is 251 Å². The Hall–Kier alpha value is -0.445. The van der Waals surface area contributed by atoms with Crippen molar-refractivity contribution in [2.75, 3.05) is 0 Å². The first-order valence-corrected chi connectivity index (χ1v) is 53.7. The van der Waals surface area contributed by atoms with Crippen LogP contribution in [0.4, 0.5) is 0 Å². The molecule has 24 heteroatoms. The monoisotopic (exact) mass is 1450 g/mol. The molecular weight excluding hydrogens is 1340 g/mol. The zero-order valence-electron chi connectivity index (χ0n) is 59.7. The Morgan fingerprint density at radius 1 is 0.277 bits per heavy atom. The largest absolute Gasteiger partial charge is 0.669 e. The van der Waals surface area contributed by atoms with Crippen molar-refractivity contribution in [3.63, 3.8) is 0 Å². The second-order valence-electron chi connectivity index (χ2n) is 35.6. The van der Waals surface area contributed by atoms with Crippen molar-refractivity contribution in [3.8, 4) is 0 Å². The lowest BCUT2D eigenvalue weighted by Gasteiger charge is -2.67. The van der Waals surface area contributed by atoms with E-state index in [1.54, 1.807) is 0 Å². The molecule has 524 valence electrons. The van der Waals surface area contributed by atoms with Gasteiger partial charge in [0.05, 0.1) is 0 Å². The minimum absolute atomic E-state index is 0.0377. The zero-order valence-corrected chi connectivity index (χ0v) is 68.6. The predicted molar refractivity (Wildman–Crippen MR) is 385 cm³/mol. The van der Waals surface area contributed by atoms with Crippen LogP contribution in [0, 0.1) is 0 Å². The maximum absolute atomic E-state index is 8.97. The van der Waals surface area contributed by atoms with Crippen LogP contribution in [-0.4, -0.2) is 70.7 Å². The summed E-state index contributed by atoms with van der Waals surface area (Å²) >= 11 is 0. The molecule has 6 aliphatic heterocycles. The quantitative estimate of drug-likeness (QED) is 0.187. The fraction of sp³-hybridized carbons (Fsp3) is 0.829. The van der Waals surface area contributed by atoms with E-state index in [2.05, 4.69) is 107 Å². The van der Waals surface area contributed by atoms with Gasteiger partial charge >= 0.3 is 78.9 Å². The smallest absolute Gasteiger partial charge is 0.399 e. The highest BCUT2D eigenvalue weighted by Crippen LogP contribution is 2.66. The molecule has 7 saturated carbocycles. The van der Waals surface area contributed by atoms with Crippen molar-refractivity contribution in [3.05, 3.63) is 46.5 Å². The lowest BCUT2D eigenvalue weighted by Crippen LogP contribution is -2.91. The molecule has 16 rings (SSSR count). The molecule has 0 unspecified atom stereocenters. The van der Waals surface area contributed by atoms with Crippen LogP contribution in [0.25, 0.3) is 21.9 Å². The highest BCUT2D eigenvalue weighted by atomic mass is 31.1. The van der Waals surface area contributed by atoms with Gasteiger partial charge in [0.15, 0.2) is 0 Å². The first kappa shape index (κ1) is 69.3. The summed E-state index contributed by atoms with van der Waals surface area (Å²) in [5.74, 6) is 0. The van der Waals surface area contributed by atoms with Crippen molar-refractivity contribution in [2.24, 2.45) is 0 Å². The van der Waals surface area contributed by atoms with Gasteiger partial charge in [0.25, 0.3) is 0 Å². The summed E-state index contributed by atoms with van der Waals surface area (Å²) < 4.78 is 132. The Balaban J connectivity index is 1.09. The average molecular weight is 1450 g/mol. The molecular formula is C70H117O15PSi8. The standard InChI is InChI=1S/C70H117O15PSi8/c1-67(2,3)52-48-61-62-49-53(68(4,5)6)51-64(70(10,11)12)66(62)72-86(71-65(61)63(50-52)69(7,8)9)73-94-83-91(58-42-28-17-29-43-58)77-88(55-36-22-14-23-37-55)74-87(54-34-20-13-21-35-54)75-89(79-91,56-38-24-15-25-39-56)81-93(85-94,60-46-32-19-33-47-60)82-90(76-87,57-40-26-16-27-41-57)80-92(78-88,84-94)59-44-30-18-31-45-59/h48-51,54-60H,13-47H2,1-12H3. The molecule has 13 fully saturated rings. The van der Waals surface area contributed by atoms with Crippen molar-refractivity contribution in [1.29, 1.82) is 0 Å². The van der Waals surface area contributed by atoms with Gasteiger partial charge in [-0.3, -0.25) is 0 Å². The summed E-state index contributed by atoms with van der Waals surface area (Å²) in [6, 6.07) is 9.49. The Bertz CT molecular complexity index is 2980. The van der Waals surface area contributed by atoms with Gasteiger partial charge in [0, 0.05) is 60.7 Å². The van der Waals surface area contributed by atoms with Crippen LogP contribution in [0.3, 0.4) is 0 Å². The molecule has 1 aromatic heterocycles. The third kappa shape index (κ3) is 12.8. The van der Waals surface area contributed by atoms with Crippen molar-refractivity contribution in [1.82, 2.24) is 0 Å². The molecule has 7 heterocycles. The molecule has 13 aliphatic rings. The SMILES string of the molecule is CC(C)(C)c1cc(C(C)(C)C)c2op(O[Si]34O[Si]5(C6CCCCC6)O[Si]6(C7CCCCC7)O[Si](C7CCCCC7)(O3)O[Si]3(C7CCCCC7)O[Si](C7CCCCC7)(O4)O[Si](C4CCCCC4)(O5)O[Si](C4CCCCC4)(O6)O3)oc3c(C(C)(C)C)cc(C(C)(C)C)cc3c2c1. The van der Waals surface area contributed by atoms with Crippen LogP contribution in [0.2, 0.25) is 38.8 Å². The molecule has 8 bridgehead atoms. The van der Waals surface area contributed by atoms with Crippen molar-refractivity contribution >= 4 is 101 Å². The Labute approximate surface area is 573 Å². The molecule has 15 nitrogen and oxygen atoms in total. The Morgan fingerprint density at radius 3 is 0.670 bits per heavy atom. The van der Waals surface area contributed by atoms with Gasteiger partial charge in [-0.25, -0.2) is 4.21 Å². The van der Waals surface area contributed by atoms with E-state index in [-0.39, 0.29) is 60.4 Å². The maximum Gasteiger partial charge on any atom is 0.669 e. The summed E-state index contributed by atoms with van der Waals surface area (Å²) in [5.41, 5.74) is 4.05. The summed E-state index contributed by atoms with van der Waals surface area (Å²) in [4.78, 5) is 0. The summed E-state index contributed by atoms with van der Waals surface area (Å²) in [5, 5.41) is 1.97. The van der Waals surface area contributed by atoms with E-state index in [1.807, 2.05) is 0 Å². The minimum Gasteiger partial charge on any atom is -0.399 e. The third-order valence-electron chi connectivity index (χ3n) is 24.4. The van der Waals surface area contributed by atoms with Crippen molar-refractivity contribution < 1.29 is 62.0 Å². The number of hydrogen-bond acceptors (Lipinski definition) is 15. The van der Waals surface area contributed by atoms with E-state index in [4.69, 9.17) is 62.0 Å².